The van der Waals surface area contributed by atoms with Crippen LogP contribution in [0.1, 0.15) is 29.5 Å². The highest BCUT2D eigenvalue weighted by Crippen LogP contribution is 2.31. The van der Waals surface area contributed by atoms with Crippen molar-refractivity contribution in [2.24, 2.45) is 10.1 Å². The normalized spacial score (nSPS) is 17.1. The second-order valence-corrected chi connectivity index (χ2v) is 8.97. The minimum absolute atomic E-state index is 0.0307. The minimum atomic E-state index is -0.599. The van der Waals surface area contributed by atoms with Gasteiger partial charge in [-0.1, -0.05) is 30.0 Å². The van der Waals surface area contributed by atoms with Gasteiger partial charge >= 0.3 is 0 Å². The Kier molecular flexibility index (Phi) is 9.24. The van der Waals surface area contributed by atoms with Crippen molar-refractivity contribution < 1.29 is 19.1 Å². The van der Waals surface area contributed by atoms with Crippen molar-refractivity contribution in [2.45, 2.75) is 31.9 Å². The Bertz CT molecular complexity index is 1050. The number of carbonyl (C=O) groups is 2. The first kappa shape index (κ1) is 25.5. The Balaban J connectivity index is 1.73. The number of para-hydroxylation sites is 1. The number of anilines is 1. The molecule has 180 valence electrons. The number of benzene rings is 2. The van der Waals surface area contributed by atoms with E-state index in [9.17, 15) is 9.59 Å². The fourth-order valence-electron chi connectivity index (χ4n) is 3.37. The zero-order valence-corrected chi connectivity index (χ0v) is 20.7. The zero-order valence-electron chi connectivity index (χ0n) is 19.9. The lowest BCUT2D eigenvalue weighted by atomic mass is 10.1. The summed E-state index contributed by atoms with van der Waals surface area (Å²) in [6.45, 7) is 4.96. The van der Waals surface area contributed by atoms with Crippen LogP contribution in [0.5, 0.6) is 5.75 Å². The number of aliphatic imine (C=N–C) groups is 1. The molecule has 2 aromatic carbocycles. The molecule has 0 aromatic heterocycles. The van der Waals surface area contributed by atoms with Crippen molar-refractivity contribution in [1.29, 1.82) is 0 Å². The Labute approximate surface area is 204 Å². The molecule has 1 fully saturated rings. The third kappa shape index (κ3) is 6.68. The number of carbonyl (C=O) groups excluding carboxylic acids is 2. The van der Waals surface area contributed by atoms with Crippen LogP contribution < -0.4 is 10.1 Å². The smallest absolute Gasteiger partial charge is 0.263 e. The van der Waals surface area contributed by atoms with Gasteiger partial charge in [0.15, 0.2) is 5.17 Å². The van der Waals surface area contributed by atoms with Crippen LogP contribution in [0.2, 0.25) is 0 Å². The number of amides is 2. The third-order valence-corrected chi connectivity index (χ3v) is 6.39. The average molecular weight is 483 g/mol. The molecule has 0 saturated carbocycles. The SMILES string of the molecule is COCCCN=C1S[C@H](CC(=O)Nc2c(C)cccc2C)C(=O)N1/N=C\c1ccc(OC)cc1. The Hall–Kier alpha value is -3.17. The number of nitrogens with zero attached hydrogens (tertiary/aromatic N) is 3. The molecule has 1 heterocycles. The predicted molar refractivity (Wildman–Crippen MR) is 137 cm³/mol. The fraction of sp³-hybridized carbons (Fsp3) is 0.360. The van der Waals surface area contributed by atoms with E-state index in [-0.39, 0.29) is 18.2 Å². The summed E-state index contributed by atoms with van der Waals surface area (Å²) < 4.78 is 10.3. The highest BCUT2D eigenvalue weighted by atomic mass is 32.2. The van der Waals surface area contributed by atoms with E-state index in [0.29, 0.717) is 18.3 Å². The molecule has 1 saturated heterocycles. The molecule has 1 aliphatic rings. The molecular formula is C25H30N4O4S. The second-order valence-electron chi connectivity index (χ2n) is 7.80. The molecular weight excluding hydrogens is 452 g/mol. The maximum Gasteiger partial charge on any atom is 0.263 e. The molecule has 0 bridgehead atoms. The Morgan fingerprint density at radius 1 is 1.15 bits per heavy atom. The monoisotopic (exact) mass is 482 g/mol. The number of hydrogen-bond acceptors (Lipinski definition) is 7. The van der Waals surface area contributed by atoms with Gasteiger partial charge in [-0.15, -0.1) is 0 Å². The third-order valence-electron chi connectivity index (χ3n) is 5.22. The summed E-state index contributed by atoms with van der Waals surface area (Å²) >= 11 is 1.26. The van der Waals surface area contributed by atoms with Gasteiger partial charge in [-0.2, -0.15) is 10.1 Å². The topological polar surface area (TPSA) is 92.6 Å². The highest BCUT2D eigenvalue weighted by Gasteiger charge is 2.39. The average Bonchev–Trinajstić information content (AvgIpc) is 3.12. The molecule has 1 atom stereocenters. The number of nitrogens with one attached hydrogen (secondary N) is 1. The van der Waals surface area contributed by atoms with E-state index in [0.717, 1.165) is 34.5 Å². The molecule has 1 aliphatic heterocycles. The number of amidine groups is 1. The summed E-state index contributed by atoms with van der Waals surface area (Å²) in [5, 5.41) is 8.51. The first-order valence-electron chi connectivity index (χ1n) is 11.0. The number of hydrazone groups is 1. The first-order valence-corrected chi connectivity index (χ1v) is 11.9. The lowest BCUT2D eigenvalue weighted by Crippen LogP contribution is -2.30. The van der Waals surface area contributed by atoms with Crippen molar-refractivity contribution in [3.8, 4) is 5.75 Å². The molecule has 2 aromatic rings. The van der Waals surface area contributed by atoms with Gasteiger partial charge in [0.25, 0.3) is 5.91 Å². The van der Waals surface area contributed by atoms with Crippen molar-refractivity contribution in [1.82, 2.24) is 5.01 Å². The van der Waals surface area contributed by atoms with Gasteiger partial charge < -0.3 is 14.8 Å². The summed E-state index contributed by atoms with van der Waals surface area (Å²) in [5.74, 6) is 0.250. The molecule has 0 spiro atoms. The van der Waals surface area contributed by atoms with Crippen molar-refractivity contribution in [3.63, 3.8) is 0 Å². The van der Waals surface area contributed by atoms with E-state index < -0.39 is 5.25 Å². The lowest BCUT2D eigenvalue weighted by Gasteiger charge is -2.13. The summed E-state index contributed by atoms with van der Waals surface area (Å²) in [7, 11) is 3.24. The van der Waals surface area contributed by atoms with Gasteiger partial charge in [0.05, 0.1) is 13.3 Å². The molecule has 3 rings (SSSR count). The van der Waals surface area contributed by atoms with Gasteiger partial charge in [-0.3, -0.25) is 14.6 Å². The van der Waals surface area contributed by atoms with Crippen LogP contribution in [0, 0.1) is 13.8 Å². The fourth-order valence-corrected chi connectivity index (χ4v) is 4.46. The number of thioether (sulfide) groups is 1. The van der Waals surface area contributed by atoms with Gasteiger partial charge in [-0.25, -0.2) is 0 Å². The van der Waals surface area contributed by atoms with Crippen molar-refractivity contribution >= 4 is 40.6 Å². The number of methoxy groups -OCH3 is 2. The number of rotatable bonds is 10. The van der Waals surface area contributed by atoms with Gasteiger partial charge in [0.1, 0.15) is 11.0 Å². The largest absolute Gasteiger partial charge is 0.497 e. The summed E-state index contributed by atoms with van der Waals surface area (Å²) in [4.78, 5) is 30.4. The van der Waals surface area contributed by atoms with Crippen LogP contribution in [-0.4, -0.2) is 60.8 Å². The Morgan fingerprint density at radius 3 is 2.50 bits per heavy atom. The molecule has 0 radical (unpaired) electrons. The van der Waals surface area contributed by atoms with Crippen LogP contribution in [0.25, 0.3) is 0 Å². The van der Waals surface area contributed by atoms with Gasteiger partial charge in [0.2, 0.25) is 5.91 Å². The summed E-state index contributed by atoms with van der Waals surface area (Å²) in [6.07, 6.45) is 2.35. The van der Waals surface area contributed by atoms with E-state index in [2.05, 4.69) is 15.4 Å². The molecule has 0 aliphatic carbocycles. The van der Waals surface area contributed by atoms with Crippen LogP contribution >= 0.6 is 11.8 Å². The van der Waals surface area contributed by atoms with Crippen LogP contribution in [0.3, 0.4) is 0 Å². The minimum Gasteiger partial charge on any atom is -0.497 e. The maximum atomic E-state index is 13.1. The van der Waals surface area contributed by atoms with E-state index in [1.807, 2.05) is 56.3 Å². The molecule has 34 heavy (non-hydrogen) atoms. The maximum absolute atomic E-state index is 13.1. The summed E-state index contributed by atoms with van der Waals surface area (Å²) in [5.41, 5.74) is 3.55. The van der Waals surface area contributed by atoms with Crippen LogP contribution in [0.15, 0.2) is 52.6 Å². The number of hydrogen-bond donors (Lipinski definition) is 1. The van der Waals surface area contributed by atoms with Crippen LogP contribution in [-0.2, 0) is 14.3 Å². The van der Waals surface area contributed by atoms with Crippen LogP contribution in [0.4, 0.5) is 5.69 Å². The lowest BCUT2D eigenvalue weighted by molar-refractivity contribution is -0.128. The first-order chi connectivity index (χ1) is 16.4. The van der Waals surface area contributed by atoms with Crippen molar-refractivity contribution in [2.75, 3.05) is 32.7 Å². The van der Waals surface area contributed by atoms with Gasteiger partial charge in [0, 0.05) is 32.4 Å². The molecule has 0 unspecified atom stereocenters. The standard InChI is InChI=1S/C25H30N4O4S/c1-17-7-5-8-18(2)23(17)28-22(30)15-21-24(31)29(25(34-21)26-13-6-14-32-3)27-16-19-9-11-20(33-4)12-10-19/h5,7-12,16,21H,6,13-15H2,1-4H3,(H,28,30)/b26-25?,27-16-/t21-/m1/s1. The number of ether oxygens (including phenoxy) is 2. The summed E-state index contributed by atoms with van der Waals surface area (Å²) in [6, 6.07) is 13.2. The molecule has 2 amide bonds. The van der Waals surface area contributed by atoms with Gasteiger partial charge in [-0.05, 0) is 61.2 Å². The molecule has 9 heteroatoms. The Morgan fingerprint density at radius 2 is 1.85 bits per heavy atom. The zero-order chi connectivity index (χ0) is 24.5. The highest BCUT2D eigenvalue weighted by molar-refractivity contribution is 8.15. The van der Waals surface area contributed by atoms with E-state index >= 15 is 0 Å². The van der Waals surface area contributed by atoms with E-state index in [1.54, 1.807) is 20.4 Å². The molecule has 1 N–H and O–H groups in total. The van der Waals surface area contributed by atoms with E-state index in [1.165, 1.54) is 16.8 Å². The van der Waals surface area contributed by atoms with E-state index in [4.69, 9.17) is 9.47 Å². The predicted octanol–water partition coefficient (Wildman–Crippen LogP) is 4.01. The second kappa shape index (κ2) is 12.3. The number of aryl methyl sites for hydroxylation is 2. The van der Waals surface area contributed by atoms with Crippen molar-refractivity contribution in [3.05, 3.63) is 59.2 Å². The molecule has 8 nitrogen and oxygen atoms in total. The quantitative estimate of drug-likeness (QED) is 0.408.